The van der Waals surface area contributed by atoms with E-state index in [1.165, 1.54) is 43.5 Å². The summed E-state index contributed by atoms with van der Waals surface area (Å²) >= 11 is 13.8. The number of carbonyl (C=O) groups excluding carboxylic acids is 4. The molecular formula is C94H82Br4F4N20O4. The van der Waals surface area contributed by atoms with Gasteiger partial charge in [-0.05, 0) is 248 Å². The summed E-state index contributed by atoms with van der Waals surface area (Å²) in [5.74, 6) is 1.85. The maximum atomic E-state index is 14.4. The molecule has 638 valence electrons. The molecule has 19 rings (SSSR count). The molecule has 0 atom stereocenters. The SMILES string of the molecule is CC(C)NC(=O)c1ccc(CNc2cc(-c3ccccc3F)nc3c(Br)cnn23)cc1.O=C(NC1CC1)c1ccc(CNc2cc(-c3ccccc3F)nc3c(Br)cnn23)cc1.O=C(NC1CCC1)c1ccc(CNc2cc(-c3ccccc3F)nc3c(Br)cnn23)cc1.O=C(NCC1CC1)c1ccc(CNc2cc(-c3ccccc3F)nc3c(Br)cnn23)cc1. The van der Waals surface area contributed by atoms with Crippen LogP contribution in [0.15, 0.2) is 261 Å². The van der Waals surface area contributed by atoms with Gasteiger partial charge in [-0.25, -0.2) is 37.5 Å². The predicted octanol–water partition coefficient (Wildman–Crippen LogP) is 20.1. The highest BCUT2D eigenvalue weighted by molar-refractivity contribution is 9.11. The second-order valence-electron chi connectivity index (χ2n) is 30.8. The minimum atomic E-state index is -0.337. The second kappa shape index (κ2) is 39.4. The molecule has 0 unspecified atom stereocenters. The Hall–Kier alpha value is -13.0. The molecule has 8 aromatic carbocycles. The molecule has 0 radical (unpaired) electrons. The van der Waals surface area contributed by atoms with Gasteiger partial charge in [-0.2, -0.15) is 38.5 Å². The third-order valence-corrected chi connectivity index (χ3v) is 23.3. The van der Waals surface area contributed by atoms with E-state index in [-0.39, 0.29) is 52.9 Å². The Morgan fingerprint density at radius 2 is 0.627 bits per heavy atom. The lowest BCUT2D eigenvalue weighted by Gasteiger charge is -2.26. The Labute approximate surface area is 754 Å². The number of halogens is 8. The summed E-state index contributed by atoms with van der Waals surface area (Å²) in [6, 6.07) is 64.0. The minimum Gasteiger partial charge on any atom is -0.366 e. The van der Waals surface area contributed by atoms with Crippen molar-refractivity contribution in [2.24, 2.45) is 5.92 Å². The average molecular weight is 1950 g/mol. The van der Waals surface area contributed by atoms with Crippen LogP contribution in [0.3, 0.4) is 0 Å². The van der Waals surface area contributed by atoms with Crippen molar-refractivity contribution in [3.05, 3.63) is 329 Å². The highest BCUT2D eigenvalue weighted by atomic mass is 79.9. The number of amides is 4. The number of aromatic nitrogens is 12. The number of rotatable bonds is 25. The van der Waals surface area contributed by atoms with Gasteiger partial charge in [0.25, 0.3) is 23.6 Å². The highest BCUT2D eigenvalue weighted by Crippen LogP contribution is 2.35. The molecule has 16 aromatic rings. The van der Waals surface area contributed by atoms with Gasteiger partial charge in [-0.1, -0.05) is 97.1 Å². The first-order valence-corrected chi connectivity index (χ1v) is 44.0. The predicted molar refractivity (Wildman–Crippen MR) is 493 cm³/mol. The fourth-order valence-electron chi connectivity index (χ4n) is 13.7. The fourth-order valence-corrected chi connectivity index (χ4v) is 15.1. The van der Waals surface area contributed by atoms with Gasteiger partial charge in [0.2, 0.25) is 0 Å². The van der Waals surface area contributed by atoms with Gasteiger partial charge in [0, 0.05) is 120 Å². The van der Waals surface area contributed by atoms with Crippen molar-refractivity contribution in [3.8, 4) is 45.0 Å². The Morgan fingerprint density at radius 1 is 0.357 bits per heavy atom. The zero-order valence-electron chi connectivity index (χ0n) is 67.9. The van der Waals surface area contributed by atoms with E-state index in [9.17, 15) is 36.7 Å². The monoisotopic (exact) mass is 1950 g/mol. The molecule has 0 bridgehead atoms. The number of carbonyl (C=O) groups is 4. The summed E-state index contributed by atoms with van der Waals surface area (Å²) in [7, 11) is 0. The van der Waals surface area contributed by atoms with E-state index < -0.39 is 0 Å². The third kappa shape index (κ3) is 21.1. The Morgan fingerprint density at radius 3 is 0.881 bits per heavy atom. The van der Waals surface area contributed by atoms with Crippen molar-refractivity contribution in [2.45, 2.75) is 103 Å². The zero-order valence-corrected chi connectivity index (χ0v) is 74.3. The molecule has 3 saturated carbocycles. The van der Waals surface area contributed by atoms with Crippen LogP contribution in [0.2, 0.25) is 0 Å². The quantitative estimate of drug-likeness (QED) is 0.0247. The van der Waals surface area contributed by atoms with Crippen molar-refractivity contribution in [1.82, 2.24) is 79.7 Å². The van der Waals surface area contributed by atoms with Gasteiger partial charge in [0.1, 0.15) is 46.5 Å². The molecule has 3 fully saturated rings. The summed E-state index contributed by atoms with van der Waals surface area (Å²) in [5, 5.41) is 42.8. The topological polar surface area (TPSA) is 285 Å². The van der Waals surface area contributed by atoms with Crippen LogP contribution in [0.25, 0.3) is 67.6 Å². The van der Waals surface area contributed by atoms with E-state index in [1.807, 2.05) is 98.8 Å². The smallest absolute Gasteiger partial charge is 0.251 e. The van der Waals surface area contributed by atoms with Crippen molar-refractivity contribution < 1.29 is 36.7 Å². The van der Waals surface area contributed by atoms with E-state index in [4.69, 9.17) is 0 Å². The summed E-state index contributed by atoms with van der Waals surface area (Å²) in [6.45, 7) is 6.64. The molecular weight excluding hydrogens is 1870 g/mol. The van der Waals surface area contributed by atoms with Gasteiger partial charge in [0.15, 0.2) is 22.6 Å². The maximum Gasteiger partial charge on any atom is 0.251 e. The summed E-state index contributed by atoms with van der Waals surface area (Å²) in [6.07, 6.45) is 14.5. The van der Waals surface area contributed by atoms with Crippen molar-refractivity contribution in [2.75, 3.05) is 27.8 Å². The number of fused-ring (bicyclic) bond motifs is 4. The summed E-state index contributed by atoms with van der Waals surface area (Å²) < 4.78 is 67.0. The zero-order chi connectivity index (χ0) is 87.5. The fraction of sp³-hybridized carbons (Fsp3) is 0.191. The van der Waals surface area contributed by atoms with Crippen LogP contribution >= 0.6 is 63.7 Å². The number of anilines is 4. The van der Waals surface area contributed by atoms with Gasteiger partial charge in [-0.3, -0.25) is 19.2 Å². The van der Waals surface area contributed by atoms with Gasteiger partial charge in [0.05, 0.1) is 65.5 Å². The number of benzene rings is 8. The molecule has 32 heteroatoms. The molecule has 0 spiro atoms. The summed E-state index contributed by atoms with van der Waals surface area (Å²) in [5.41, 5.74) is 12.7. The van der Waals surface area contributed by atoms with Crippen LogP contribution in [0.4, 0.5) is 40.8 Å². The van der Waals surface area contributed by atoms with Gasteiger partial charge < -0.3 is 42.5 Å². The van der Waals surface area contributed by atoms with E-state index in [0.717, 1.165) is 67.9 Å². The molecule has 126 heavy (non-hydrogen) atoms. The van der Waals surface area contributed by atoms with E-state index >= 15 is 0 Å². The lowest BCUT2D eigenvalue weighted by Crippen LogP contribution is -2.39. The molecule has 8 aromatic heterocycles. The molecule has 4 amide bonds. The largest absolute Gasteiger partial charge is 0.366 e. The van der Waals surface area contributed by atoms with Crippen molar-refractivity contribution in [1.29, 1.82) is 0 Å². The van der Waals surface area contributed by atoms with E-state index in [2.05, 4.69) is 147 Å². The van der Waals surface area contributed by atoms with Gasteiger partial charge >= 0.3 is 0 Å². The van der Waals surface area contributed by atoms with Crippen LogP contribution in [0.1, 0.15) is 122 Å². The number of hydrogen-bond donors (Lipinski definition) is 8. The van der Waals surface area contributed by atoms with Crippen LogP contribution in [-0.4, -0.2) is 107 Å². The molecule has 24 nitrogen and oxygen atoms in total. The second-order valence-corrected chi connectivity index (χ2v) is 34.2. The van der Waals surface area contributed by atoms with Crippen LogP contribution in [0, 0.1) is 29.2 Å². The standard InChI is InChI=1S/2C24H21BrFN5O.C23H19BrFN5O.C23H21BrFN5O/c25-19-14-28-31-22(12-21(30-23(19)31)18-6-1-2-7-20(18)26)27-13-15-8-10-16(11-9-15)24(32)29-17-4-3-5-17;25-19-14-29-31-22(11-21(30-23(19)31)18-3-1-2-4-20(18)26)27-12-16-7-9-17(10-8-16)24(32)28-13-15-5-6-15;24-18-13-27-30-21(11-20(29-22(18)30)17-3-1-2-4-19(17)25)26-12-14-5-7-15(8-6-14)23(31)28-16-9-10-16;1-14(2)28-23(31)16-9-7-15(8-10-16)12-26-21-11-20(17-5-3-4-6-19(17)25)29-22-18(24)13-27-30(21)22/h1-2,6-12,14,17,27H,3-5,13H2,(H,29,32);1-4,7-11,14-15,27H,5-6,12-13H2,(H,28,32);1-8,11,13,16,26H,9-10,12H2,(H,28,31);3-11,13-14,26H,12H2,1-2H3,(H,28,31). The highest BCUT2D eigenvalue weighted by Gasteiger charge is 2.26. The lowest BCUT2D eigenvalue weighted by molar-refractivity contribution is 0.0912. The van der Waals surface area contributed by atoms with E-state index in [1.54, 1.807) is 152 Å². The number of nitrogens with one attached hydrogen (secondary N) is 8. The molecule has 0 aliphatic heterocycles. The van der Waals surface area contributed by atoms with Crippen molar-refractivity contribution >= 4 is 133 Å². The average Bonchev–Trinajstić information content (AvgIpc) is 1.58. The number of nitrogens with zero attached hydrogens (tertiary/aromatic N) is 12. The maximum absolute atomic E-state index is 14.4. The first-order chi connectivity index (χ1) is 61.2. The molecule has 0 saturated heterocycles. The van der Waals surface area contributed by atoms with Crippen LogP contribution < -0.4 is 42.5 Å². The Balaban J connectivity index is 0.000000124. The first-order valence-electron chi connectivity index (χ1n) is 40.9. The van der Waals surface area contributed by atoms with Gasteiger partial charge in [-0.15, -0.1) is 0 Å². The van der Waals surface area contributed by atoms with Crippen molar-refractivity contribution in [3.63, 3.8) is 0 Å². The minimum absolute atomic E-state index is 0.0269. The first kappa shape index (κ1) is 86.5. The molecule has 8 N–H and O–H groups in total. The van der Waals surface area contributed by atoms with Crippen LogP contribution in [0.5, 0.6) is 0 Å². The molecule has 3 aliphatic rings. The normalized spacial score (nSPS) is 12.9. The van der Waals surface area contributed by atoms with Crippen LogP contribution in [-0.2, 0) is 26.2 Å². The lowest BCUT2D eigenvalue weighted by atomic mass is 9.93. The Kier molecular flexibility index (Phi) is 27.1. The Bertz CT molecular complexity index is 6470. The third-order valence-electron chi connectivity index (χ3n) is 21.1. The molecule has 8 heterocycles. The van der Waals surface area contributed by atoms with E-state index in [0.29, 0.717) is 162 Å². The molecule has 3 aliphatic carbocycles. The summed E-state index contributed by atoms with van der Waals surface area (Å²) in [4.78, 5) is 67.1. The number of hydrogen-bond acceptors (Lipinski definition) is 16.